The van der Waals surface area contributed by atoms with Crippen molar-refractivity contribution in [1.82, 2.24) is 21.2 Å². The Kier molecular flexibility index (Phi) is 5.08. The highest BCUT2D eigenvalue weighted by Crippen LogP contribution is 2.34. The number of anilines is 1. The van der Waals surface area contributed by atoms with Crippen molar-refractivity contribution in [2.45, 2.75) is 13.8 Å². The predicted molar refractivity (Wildman–Crippen MR) is 100 cm³/mol. The second-order valence-electron chi connectivity index (χ2n) is 5.77. The topological polar surface area (TPSA) is 139 Å². The van der Waals surface area contributed by atoms with Crippen LogP contribution in [0, 0.1) is 13.8 Å². The molecule has 0 saturated heterocycles. The Hall–Kier alpha value is -3.40. The number of furan rings is 1. The van der Waals surface area contributed by atoms with Gasteiger partial charge in [-0.2, -0.15) is 0 Å². The number of pyridine rings is 1. The fraction of sp³-hybridized carbons (Fsp3) is 0.176. The fourth-order valence-corrected chi connectivity index (χ4v) is 3.63. The van der Waals surface area contributed by atoms with Gasteiger partial charge < -0.3 is 15.5 Å². The summed E-state index contributed by atoms with van der Waals surface area (Å²) in [4.78, 5) is 41.1. The SMILES string of the molecule is Cc1cc(C)c2c(N)c(C(=O)NNC(=O)CNC(=O)c3ccco3)sc2n1. The van der Waals surface area contributed by atoms with Gasteiger partial charge in [0, 0.05) is 11.1 Å². The molecule has 0 radical (unpaired) electrons. The molecule has 0 aliphatic rings. The number of carbonyl (C=O) groups is 3. The van der Waals surface area contributed by atoms with Gasteiger partial charge in [-0.05, 0) is 37.6 Å². The largest absolute Gasteiger partial charge is 0.459 e. The molecule has 0 aromatic carbocycles. The quantitative estimate of drug-likeness (QED) is 0.497. The van der Waals surface area contributed by atoms with Crippen molar-refractivity contribution in [3.05, 3.63) is 46.4 Å². The first-order valence-electron chi connectivity index (χ1n) is 7.94. The van der Waals surface area contributed by atoms with E-state index in [2.05, 4.69) is 21.2 Å². The van der Waals surface area contributed by atoms with Gasteiger partial charge in [0.1, 0.15) is 9.71 Å². The van der Waals surface area contributed by atoms with E-state index in [1.807, 2.05) is 19.9 Å². The lowest BCUT2D eigenvalue weighted by Gasteiger charge is -2.07. The Morgan fingerprint density at radius 1 is 1.22 bits per heavy atom. The van der Waals surface area contributed by atoms with Crippen LogP contribution in [-0.2, 0) is 4.79 Å². The molecule has 0 bridgehead atoms. The molecule has 3 rings (SSSR count). The van der Waals surface area contributed by atoms with Crippen LogP contribution in [0.5, 0.6) is 0 Å². The molecule has 0 saturated carbocycles. The molecule has 0 atom stereocenters. The summed E-state index contributed by atoms with van der Waals surface area (Å²) < 4.78 is 4.91. The number of nitrogens with two attached hydrogens (primary N) is 1. The number of fused-ring (bicyclic) bond motifs is 1. The highest BCUT2D eigenvalue weighted by Gasteiger charge is 2.19. The number of hydrogen-bond donors (Lipinski definition) is 4. The van der Waals surface area contributed by atoms with Crippen LogP contribution >= 0.6 is 11.3 Å². The van der Waals surface area contributed by atoms with Crippen molar-refractivity contribution >= 4 is 45.0 Å². The Morgan fingerprint density at radius 3 is 2.70 bits per heavy atom. The van der Waals surface area contributed by atoms with E-state index in [4.69, 9.17) is 10.2 Å². The lowest BCUT2D eigenvalue weighted by atomic mass is 10.1. The van der Waals surface area contributed by atoms with Gasteiger partial charge in [0.05, 0.1) is 18.5 Å². The molecule has 3 heterocycles. The first-order chi connectivity index (χ1) is 12.9. The molecule has 3 aromatic rings. The molecular formula is C17H17N5O4S. The van der Waals surface area contributed by atoms with Crippen LogP contribution in [0.25, 0.3) is 10.2 Å². The van der Waals surface area contributed by atoms with Gasteiger partial charge in [-0.25, -0.2) is 4.98 Å². The van der Waals surface area contributed by atoms with Crippen LogP contribution in [0.3, 0.4) is 0 Å². The van der Waals surface area contributed by atoms with Crippen molar-refractivity contribution in [1.29, 1.82) is 0 Å². The summed E-state index contributed by atoms with van der Waals surface area (Å²) in [7, 11) is 0. The molecule has 0 aliphatic heterocycles. The number of hydrogen-bond acceptors (Lipinski definition) is 7. The summed E-state index contributed by atoms with van der Waals surface area (Å²) in [5.41, 5.74) is 12.7. The van der Waals surface area contributed by atoms with Crippen LogP contribution in [0.2, 0.25) is 0 Å². The predicted octanol–water partition coefficient (Wildman–Crippen LogP) is 1.28. The van der Waals surface area contributed by atoms with Crippen LogP contribution in [0.15, 0.2) is 28.9 Å². The summed E-state index contributed by atoms with van der Waals surface area (Å²) in [6.07, 6.45) is 1.35. The Balaban J connectivity index is 1.60. The van der Waals surface area contributed by atoms with E-state index in [0.29, 0.717) is 10.5 Å². The molecule has 0 spiro atoms. The third-order valence-electron chi connectivity index (χ3n) is 3.70. The summed E-state index contributed by atoms with van der Waals surface area (Å²) in [6, 6.07) is 4.91. The van der Waals surface area contributed by atoms with E-state index in [-0.39, 0.29) is 17.2 Å². The minimum atomic E-state index is -0.604. The number of aryl methyl sites for hydroxylation is 2. The smallest absolute Gasteiger partial charge is 0.287 e. The number of aromatic nitrogens is 1. The zero-order valence-corrected chi connectivity index (χ0v) is 15.4. The van der Waals surface area contributed by atoms with Gasteiger partial charge in [-0.3, -0.25) is 25.2 Å². The number of carbonyl (C=O) groups excluding carboxylic acids is 3. The van der Waals surface area contributed by atoms with E-state index < -0.39 is 17.7 Å². The highest BCUT2D eigenvalue weighted by atomic mass is 32.1. The van der Waals surface area contributed by atoms with Crippen molar-refractivity contribution in [3.8, 4) is 0 Å². The number of rotatable bonds is 4. The maximum Gasteiger partial charge on any atom is 0.287 e. The molecule has 10 heteroatoms. The minimum Gasteiger partial charge on any atom is -0.459 e. The van der Waals surface area contributed by atoms with E-state index in [0.717, 1.165) is 28.0 Å². The van der Waals surface area contributed by atoms with E-state index in [1.165, 1.54) is 12.3 Å². The second-order valence-corrected chi connectivity index (χ2v) is 6.77. The van der Waals surface area contributed by atoms with Crippen molar-refractivity contribution in [2.24, 2.45) is 0 Å². The Labute approximate surface area is 157 Å². The van der Waals surface area contributed by atoms with Crippen LogP contribution in [0.4, 0.5) is 5.69 Å². The van der Waals surface area contributed by atoms with Gasteiger partial charge in [0.15, 0.2) is 5.76 Å². The summed E-state index contributed by atoms with van der Waals surface area (Å²) >= 11 is 1.15. The third-order valence-corrected chi connectivity index (χ3v) is 4.80. The first kappa shape index (κ1) is 18.4. The Bertz CT molecular complexity index is 1030. The molecule has 5 N–H and O–H groups in total. The van der Waals surface area contributed by atoms with Crippen LogP contribution in [0.1, 0.15) is 31.5 Å². The van der Waals surface area contributed by atoms with Crippen LogP contribution < -0.4 is 21.9 Å². The van der Waals surface area contributed by atoms with E-state index >= 15 is 0 Å². The minimum absolute atomic E-state index is 0.0862. The van der Waals surface area contributed by atoms with Gasteiger partial charge >= 0.3 is 0 Å². The maximum absolute atomic E-state index is 12.3. The standard InChI is InChI=1S/C17H17N5O4S/c1-8-6-9(2)20-17-12(8)13(18)14(27-17)16(25)22-21-11(23)7-19-15(24)10-4-3-5-26-10/h3-6H,7,18H2,1-2H3,(H,19,24)(H,21,23)(H,22,25). The number of nitrogen functional groups attached to an aromatic ring is 1. The van der Waals surface area contributed by atoms with Gasteiger partial charge in [0.2, 0.25) is 0 Å². The summed E-state index contributed by atoms with van der Waals surface area (Å²) in [5, 5.41) is 3.10. The summed E-state index contributed by atoms with van der Waals surface area (Å²) in [5.74, 6) is -1.61. The molecular weight excluding hydrogens is 370 g/mol. The summed E-state index contributed by atoms with van der Waals surface area (Å²) in [6.45, 7) is 3.42. The molecule has 0 aliphatic carbocycles. The zero-order valence-electron chi connectivity index (χ0n) is 14.6. The lowest BCUT2D eigenvalue weighted by molar-refractivity contribution is -0.120. The molecule has 0 unspecified atom stereocenters. The number of thiophene rings is 1. The number of amides is 3. The highest BCUT2D eigenvalue weighted by molar-refractivity contribution is 7.21. The second kappa shape index (κ2) is 7.46. The zero-order chi connectivity index (χ0) is 19.6. The van der Waals surface area contributed by atoms with Crippen molar-refractivity contribution in [2.75, 3.05) is 12.3 Å². The number of hydrazine groups is 1. The van der Waals surface area contributed by atoms with E-state index in [9.17, 15) is 14.4 Å². The number of nitrogens with one attached hydrogen (secondary N) is 3. The molecule has 27 heavy (non-hydrogen) atoms. The molecule has 0 fully saturated rings. The number of nitrogens with zero attached hydrogens (tertiary/aromatic N) is 1. The maximum atomic E-state index is 12.3. The Morgan fingerprint density at radius 2 is 2.00 bits per heavy atom. The first-order valence-corrected chi connectivity index (χ1v) is 8.75. The monoisotopic (exact) mass is 387 g/mol. The molecule has 140 valence electrons. The van der Waals surface area contributed by atoms with E-state index in [1.54, 1.807) is 6.07 Å². The molecule has 3 aromatic heterocycles. The normalized spacial score (nSPS) is 10.6. The fourth-order valence-electron chi connectivity index (χ4n) is 2.52. The van der Waals surface area contributed by atoms with Crippen molar-refractivity contribution in [3.63, 3.8) is 0 Å². The van der Waals surface area contributed by atoms with Gasteiger partial charge in [-0.15, -0.1) is 11.3 Å². The average Bonchev–Trinajstić information content (AvgIpc) is 3.26. The average molecular weight is 387 g/mol. The molecule has 3 amide bonds. The lowest BCUT2D eigenvalue weighted by Crippen LogP contribution is -2.46. The van der Waals surface area contributed by atoms with Crippen LogP contribution in [-0.4, -0.2) is 29.3 Å². The van der Waals surface area contributed by atoms with Gasteiger partial charge in [0.25, 0.3) is 17.7 Å². The molecule has 9 nitrogen and oxygen atoms in total. The van der Waals surface area contributed by atoms with Gasteiger partial charge in [-0.1, -0.05) is 0 Å². The van der Waals surface area contributed by atoms with Crippen molar-refractivity contribution < 1.29 is 18.8 Å². The third kappa shape index (κ3) is 3.90.